The van der Waals surface area contributed by atoms with Gasteiger partial charge in [-0.25, -0.2) is 17.5 Å². The van der Waals surface area contributed by atoms with E-state index in [2.05, 4.69) is 15.4 Å². The minimum absolute atomic E-state index is 0.0413. The molecule has 1 aromatic rings. The minimum Gasteiger partial charge on any atom is -0.406 e. The van der Waals surface area contributed by atoms with Crippen molar-refractivity contribution in [2.24, 2.45) is 0 Å². The average Bonchev–Trinajstić information content (AvgIpc) is 2.64. The zero-order valence-corrected chi connectivity index (χ0v) is 16.9. The van der Waals surface area contributed by atoms with Crippen molar-refractivity contribution >= 4 is 21.7 Å². The fraction of sp³-hybridized carbons (Fsp3) is 0.588. The molecule has 0 radical (unpaired) electrons. The lowest BCUT2D eigenvalue weighted by molar-refractivity contribution is -0.274. The van der Waals surface area contributed by atoms with Gasteiger partial charge in [0.15, 0.2) is 0 Å². The molecule has 1 fully saturated rings. The van der Waals surface area contributed by atoms with Crippen molar-refractivity contribution < 1.29 is 31.1 Å². The quantitative estimate of drug-likeness (QED) is 0.755. The lowest BCUT2D eigenvalue weighted by Gasteiger charge is -2.31. The summed E-state index contributed by atoms with van der Waals surface area (Å²) in [6.45, 7) is 6.26. The molecule has 0 atom stereocenters. The van der Waals surface area contributed by atoms with Crippen molar-refractivity contribution in [3.63, 3.8) is 0 Å². The van der Waals surface area contributed by atoms with Gasteiger partial charge in [-0.15, -0.1) is 13.2 Å². The van der Waals surface area contributed by atoms with E-state index in [0.29, 0.717) is 31.6 Å². The number of rotatable bonds is 5. The summed E-state index contributed by atoms with van der Waals surface area (Å²) in [5.41, 5.74) is 0.308. The molecule has 0 bridgehead atoms. The number of carbonyl (C=O) groups is 1. The van der Waals surface area contributed by atoms with Crippen LogP contribution in [-0.2, 0) is 10.0 Å². The number of piperidine rings is 1. The van der Waals surface area contributed by atoms with Gasteiger partial charge in [0.2, 0.25) is 10.0 Å². The van der Waals surface area contributed by atoms with Crippen molar-refractivity contribution in [2.75, 3.05) is 24.2 Å². The molecular formula is C17H26F3N3O4S. The van der Waals surface area contributed by atoms with Crippen LogP contribution in [0.4, 0.5) is 23.7 Å². The first-order chi connectivity index (χ1) is 13.1. The molecule has 0 unspecified atom stereocenters. The van der Waals surface area contributed by atoms with Crippen molar-refractivity contribution in [3.05, 3.63) is 24.3 Å². The largest absolute Gasteiger partial charge is 0.573 e. The number of alkyl halides is 3. The van der Waals surface area contributed by atoms with Crippen LogP contribution in [0.1, 0.15) is 33.6 Å². The third-order valence-corrected chi connectivity index (χ3v) is 5.77. The lowest BCUT2D eigenvalue weighted by atomic mass is 10.1. The Hall–Kier alpha value is -2.01. The highest BCUT2D eigenvalue weighted by molar-refractivity contribution is 7.89. The number of halogens is 3. The number of amides is 2. The molecule has 160 valence electrons. The van der Waals surface area contributed by atoms with Crippen LogP contribution in [0.2, 0.25) is 0 Å². The number of anilines is 1. The number of urea groups is 1. The van der Waals surface area contributed by atoms with Gasteiger partial charge in [-0.1, -0.05) is 13.8 Å². The van der Waals surface area contributed by atoms with Crippen LogP contribution < -0.4 is 15.4 Å². The van der Waals surface area contributed by atoms with E-state index < -0.39 is 22.4 Å². The zero-order valence-electron chi connectivity index (χ0n) is 16.0. The van der Waals surface area contributed by atoms with Crippen LogP contribution in [0.5, 0.6) is 5.75 Å². The van der Waals surface area contributed by atoms with E-state index in [4.69, 9.17) is 0 Å². The first-order valence-corrected chi connectivity index (χ1v) is 10.6. The van der Waals surface area contributed by atoms with Crippen molar-refractivity contribution in [1.29, 1.82) is 0 Å². The Labute approximate surface area is 163 Å². The smallest absolute Gasteiger partial charge is 0.406 e. The first kappa shape index (κ1) is 24.0. The molecule has 0 spiro atoms. The molecule has 11 heteroatoms. The third-order valence-electron chi connectivity index (χ3n) is 3.89. The summed E-state index contributed by atoms with van der Waals surface area (Å²) < 4.78 is 65.0. The van der Waals surface area contributed by atoms with E-state index in [-0.39, 0.29) is 17.5 Å². The normalized spacial score (nSPS) is 15.9. The molecular weight excluding hydrogens is 399 g/mol. The zero-order chi connectivity index (χ0) is 21.4. The summed E-state index contributed by atoms with van der Waals surface area (Å²) in [4.78, 5) is 12.0. The highest BCUT2D eigenvalue weighted by Crippen LogP contribution is 2.24. The summed E-state index contributed by atoms with van der Waals surface area (Å²) in [6.07, 6.45) is -3.79. The van der Waals surface area contributed by atoms with Crippen LogP contribution in [0.3, 0.4) is 0 Å². The first-order valence-electron chi connectivity index (χ1n) is 9.00. The molecule has 7 nitrogen and oxygen atoms in total. The predicted molar refractivity (Wildman–Crippen MR) is 101 cm³/mol. The van der Waals surface area contributed by atoms with E-state index in [0.717, 1.165) is 12.1 Å². The summed E-state index contributed by atoms with van der Waals surface area (Å²) in [6, 6.07) is 4.08. The molecule has 1 aromatic carbocycles. The summed E-state index contributed by atoms with van der Waals surface area (Å²) in [5, 5.41) is 5.24. The van der Waals surface area contributed by atoms with Gasteiger partial charge in [0.25, 0.3) is 0 Å². The maximum atomic E-state index is 12.1. The average molecular weight is 425 g/mol. The van der Waals surface area contributed by atoms with E-state index in [1.807, 2.05) is 13.8 Å². The van der Waals surface area contributed by atoms with Crippen LogP contribution in [0, 0.1) is 0 Å². The molecule has 1 aliphatic rings. The minimum atomic E-state index is -4.77. The van der Waals surface area contributed by atoms with E-state index in [9.17, 15) is 26.4 Å². The molecule has 0 aliphatic carbocycles. The summed E-state index contributed by atoms with van der Waals surface area (Å²) >= 11 is 0. The van der Waals surface area contributed by atoms with Crippen LogP contribution in [0.15, 0.2) is 24.3 Å². The number of nitrogens with one attached hydrogen (secondary N) is 2. The van der Waals surface area contributed by atoms with Crippen LogP contribution >= 0.6 is 0 Å². The second-order valence-electron chi connectivity index (χ2n) is 5.74. The van der Waals surface area contributed by atoms with Gasteiger partial charge in [-0.2, -0.15) is 0 Å². The van der Waals surface area contributed by atoms with E-state index in [1.54, 1.807) is 6.92 Å². The molecule has 2 amide bonds. The molecule has 2 rings (SSSR count). The second-order valence-corrected chi connectivity index (χ2v) is 8.00. The summed E-state index contributed by atoms with van der Waals surface area (Å²) in [5.74, 6) is -0.340. The molecule has 0 saturated carbocycles. The van der Waals surface area contributed by atoms with Gasteiger partial charge in [0.05, 0.1) is 5.75 Å². The van der Waals surface area contributed by atoms with Crippen molar-refractivity contribution in [1.82, 2.24) is 9.62 Å². The predicted octanol–water partition coefficient (Wildman–Crippen LogP) is 3.55. The van der Waals surface area contributed by atoms with Crippen molar-refractivity contribution in [3.8, 4) is 5.75 Å². The Kier molecular flexibility index (Phi) is 9.02. The third kappa shape index (κ3) is 7.93. The Morgan fingerprint density at radius 2 is 1.71 bits per heavy atom. The number of carbonyl (C=O) groups excluding carboxylic acids is 1. The van der Waals surface area contributed by atoms with Gasteiger partial charge in [-0.05, 0) is 44.0 Å². The van der Waals surface area contributed by atoms with Gasteiger partial charge in [0.1, 0.15) is 5.75 Å². The van der Waals surface area contributed by atoms with Gasteiger partial charge in [0, 0.05) is 24.8 Å². The maximum Gasteiger partial charge on any atom is 0.573 e. The number of hydrogen-bond acceptors (Lipinski definition) is 4. The Morgan fingerprint density at radius 3 is 2.18 bits per heavy atom. The lowest BCUT2D eigenvalue weighted by Crippen LogP contribution is -2.47. The van der Waals surface area contributed by atoms with E-state index >= 15 is 0 Å². The van der Waals surface area contributed by atoms with E-state index in [1.165, 1.54) is 16.4 Å². The monoisotopic (exact) mass is 425 g/mol. The Morgan fingerprint density at radius 1 is 1.18 bits per heavy atom. The number of ether oxygens (including phenoxy) is 1. The second kappa shape index (κ2) is 10.5. The number of sulfonamides is 1. The molecule has 1 saturated heterocycles. The summed E-state index contributed by atoms with van der Waals surface area (Å²) in [7, 11) is -3.23. The van der Waals surface area contributed by atoms with Crippen molar-refractivity contribution in [2.45, 2.75) is 46.0 Å². The fourth-order valence-corrected chi connectivity index (χ4v) is 3.69. The number of benzene rings is 1. The maximum absolute atomic E-state index is 12.1. The SMILES string of the molecule is CC.CCS(=O)(=O)N1CCC(NC(=O)Nc2ccc(OC(F)(F)F)cc2)CC1. The number of nitrogens with zero attached hydrogens (tertiary/aromatic N) is 1. The van der Waals surface area contributed by atoms with Crippen LogP contribution in [-0.4, -0.2) is 50.0 Å². The standard InChI is InChI=1S/C15H20F3N3O4S.C2H6/c1-2-26(23,24)21-9-7-12(8-10-21)20-14(22)19-11-3-5-13(6-4-11)25-15(16,17)18;1-2/h3-6,12H,2,7-10H2,1H3,(H2,19,20,22);1-2H3. The molecule has 1 heterocycles. The van der Waals surface area contributed by atoms with Gasteiger partial charge >= 0.3 is 12.4 Å². The highest BCUT2D eigenvalue weighted by atomic mass is 32.2. The highest BCUT2D eigenvalue weighted by Gasteiger charge is 2.31. The number of hydrogen-bond donors (Lipinski definition) is 2. The molecule has 0 aromatic heterocycles. The van der Waals surface area contributed by atoms with Gasteiger partial charge < -0.3 is 15.4 Å². The molecule has 28 heavy (non-hydrogen) atoms. The molecule has 1 aliphatic heterocycles. The topological polar surface area (TPSA) is 87.7 Å². The fourth-order valence-electron chi connectivity index (χ4n) is 2.55. The van der Waals surface area contributed by atoms with Crippen LogP contribution in [0.25, 0.3) is 0 Å². The van der Waals surface area contributed by atoms with Gasteiger partial charge in [-0.3, -0.25) is 0 Å². The Bertz CT molecular complexity index is 716. The Balaban J connectivity index is 0.00000190. The molecule has 2 N–H and O–H groups in total.